The van der Waals surface area contributed by atoms with Gasteiger partial charge in [-0.15, -0.1) is 0 Å². The molecule has 0 atom stereocenters. The smallest absolute Gasteiger partial charge is 0.337 e. The monoisotopic (exact) mass is 203 g/mol. The first-order chi connectivity index (χ1) is 7.31. The molecule has 1 aromatic carbocycles. The molecule has 0 bridgehead atoms. The van der Waals surface area contributed by atoms with Gasteiger partial charge in [0.05, 0.1) is 12.7 Å². The van der Waals surface area contributed by atoms with Gasteiger partial charge in [-0.2, -0.15) is 0 Å². The number of anilines is 1. The second-order valence-electron chi connectivity index (χ2n) is 3.41. The Balaban J connectivity index is 2.13. The van der Waals surface area contributed by atoms with Crippen molar-refractivity contribution in [3.8, 4) is 0 Å². The zero-order valence-corrected chi connectivity index (χ0v) is 8.64. The van der Waals surface area contributed by atoms with Crippen molar-refractivity contribution in [1.29, 1.82) is 0 Å². The predicted molar refractivity (Wildman–Crippen MR) is 59.1 cm³/mol. The van der Waals surface area contributed by atoms with Gasteiger partial charge in [-0.1, -0.05) is 12.2 Å². The molecule has 1 aliphatic rings. The number of ether oxygens (including phenoxy) is 1. The fourth-order valence-electron chi connectivity index (χ4n) is 1.62. The fourth-order valence-corrected chi connectivity index (χ4v) is 1.62. The SMILES string of the molecule is COC(=O)c1ccc(N2CC=CC2)cc1. The summed E-state index contributed by atoms with van der Waals surface area (Å²) >= 11 is 0. The van der Waals surface area contributed by atoms with Crippen molar-refractivity contribution >= 4 is 11.7 Å². The second kappa shape index (κ2) is 4.17. The van der Waals surface area contributed by atoms with E-state index < -0.39 is 0 Å². The lowest BCUT2D eigenvalue weighted by Gasteiger charge is -2.17. The van der Waals surface area contributed by atoms with Crippen LogP contribution in [0.25, 0.3) is 0 Å². The molecule has 0 aromatic heterocycles. The Bertz CT molecular complexity index is 373. The third-order valence-electron chi connectivity index (χ3n) is 2.47. The Morgan fingerprint density at radius 1 is 1.20 bits per heavy atom. The molecule has 0 fully saturated rings. The molecule has 0 radical (unpaired) electrons. The van der Waals surface area contributed by atoms with Crippen LogP contribution in [-0.2, 0) is 4.74 Å². The number of methoxy groups -OCH3 is 1. The number of rotatable bonds is 2. The second-order valence-corrected chi connectivity index (χ2v) is 3.41. The van der Waals surface area contributed by atoms with E-state index in [0.29, 0.717) is 5.56 Å². The van der Waals surface area contributed by atoms with E-state index in [-0.39, 0.29) is 5.97 Å². The minimum absolute atomic E-state index is 0.291. The number of hydrogen-bond acceptors (Lipinski definition) is 3. The number of carbonyl (C=O) groups is 1. The molecule has 1 aromatic rings. The van der Waals surface area contributed by atoms with Crippen molar-refractivity contribution < 1.29 is 9.53 Å². The minimum Gasteiger partial charge on any atom is -0.465 e. The first-order valence-corrected chi connectivity index (χ1v) is 4.89. The lowest BCUT2D eigenvalue weighted by Crippen LogP contribution is -2.18. The summed E-state index contributed by atoms with van der Waals surface area (Å²) in [6.45, 7) is 1.88. The van der Waals surface area contributed by atoms with Gasteiger partial charge in [-0.25, -0.2) is 4.79 Å². The average Bonchev–Trinajstić information content (AvgIpc) is 2.82. The molecule has 0 amide bonds. The van der Waals surface area contributed by atoms with E-state index in [2.05, 4.69) is 21.8 Å². The number of benzene rings is 1. The van der Waals surface area contributed by atoms with Crippen LogP contribution in [0.3, 0.4) is 0 Å². The van der Waals surface area contributed by atoms with Crippen LogP contribution in [0.2, 0.25) is 0 Å². The van der Waals surface area contributed by atoms with Crippen LogP contribution in [0.15, 0.2) is 36.4 Å². The molecule has 15 heavy (non-hydrogen) atoms. The van der Waals surface area contributed by atoms with Crippen LogP contribution >= 0.6 is 0 Å². The zero-order chi connectivity index (χ0) is 10.7. The van der Waals surface area contributed by atoms with Crippen molar-refractivity contribution in [2.45, 2.75) is 0 Å². The molecule has 0 aliphatic carbocycles. The molecule has 3 nitrogen and oxygen atoms in total. The molecule has 0 saturated heterocycles. The van der Waals surface area contributed by atoms with Crippen LogP contribution < -0.4 is 4.90 Å². The third-order valence-corrected chi connectivity index (χ3v) is 2.47. The van der Waals surface area contributed by atoms with Gasteiger partial charge in [-0.3, -0.25) is 0 Å². The van der Waals surface area contributed by atoms with Crippen molar-refractivity contribution in [3.63, 3.8) is 0 Å². The summed E-state index contributed by atoms with van der Waals surface area (Å²) < 4.78 is 4.64. The van der Waals surface area contributed by atoms with E-state index in [1.165, 1.54) is 7.11 Å². The Morgan fingerprint density at radius 3 is 2.33 bits per heavy atom. The molecule has 3 heteroatoms. The van der Waals surface area contributed by atoms with Gasteiger partial charge in [0.2, 0.25) is 0 Å². The third kappa shape index (κ3) is 2.01. The minimum atomic E-state index is -0.291. The summed E-state index contributed by atoms with van der Waals surface area (Å²) in [6, 6.07) is 7.47. The van der Waals surface area contributed by atoms with Crippen molar-refractivity contribution in [2.75, 3.05) is 25.1 Å². The first kappa shape index (κ1) is 9.77. The molecule has 0 spiro atoms. The Kier molecular flexibility index (Phi) is 2.72. The molecule has 1 aliphatic heterocycles. The molecular weight excluding hydrogens is 190 g/mol. The molecule has 1 heterocycles. The maximum absolute atomic E-state index is 11.2. The van der Waals surface area contributed by atoms with Gasteiger partial charge in [-0.05, 0) is 24.3 Å². The summed E-state index contributed by atoms with van der Waals surface area (Å²) in [4.78, 5) is 13.4. The highest BCUT2D eigenvalue weighted by molar-refractivity contribution is 5.89. The summed E-state index contributed by atoms with van der Waals surface area (Å²) in [6.07, 6.45) is 4.27. The molecule has 0 saturated carbocycles. The Morgan fingerprint density at radius 2 is 1.80 bits per heavy atom. The largest absolute Gasteiger partial charge is 0.465 e. The molecule has 0 unspecified atom stereocenters. The summed E-state index contributed by atoms with van der Waals surface area (Å²) in [5.41, 5.74) is 1.72. The van der Waals surface area contributed by atoms with Gasteiger partial charge in [0.1, 0.15) is 0 Å². The Hall–Kier alpha value is -1.77. The number of esters is 1. The highest BCUT2D eigenvalue weighted by Crippen LogP contribution is 2.17. The van der Waals surface area contributed by atoms with Crippen molar-refractivity contribution in [3.05, 3.63) is 42.0 Å². The van der Waals surface area contributed by atoms with Gasteiger partial charge in [0.25, 0.3) is 0 Å². The summed E-state index contributed by atoms with van der Waals surface area (Å²) in [5, 5.41) is 0. The van der Waals surface area contributed by atoms with Gasteiger partial charge < -0.3 is 9.64 Å². The summed E-state index contributed by atoms with van der Waals surface area (Å²) in [7, 11) is 1.39. The molecular formula is C12H13NO2. The highest BCUT2D eigenvalue weighted by atomic mass is 16.5. The molecule has 2 rings (SSSR count). The lowest BCUT2D eigenvalue weighted by molar-refractivity contribution is 0.0601. The first-order valence-electron chi connectivity index (χ1n) is 4.89. The van der Waals surface area contributed by atoms with E-state index in [0.717, 1.165) is 18.8 Å². The van der Waals surface area contributed by atoms with E-state index in [4.69, 9.17) is 0 Å². The maximum atomic E-state index is 11.2. The quantitative estimate of drug-likeness (QED) is 0.542. The molecule has 78 valence electrons. The van der Waals surface area contributed by atoms with E-state index in [1.807, 2.05) is 12.1 Å². The fraction of sp³-hybridized carbons (Fsp3) is 0.250. The van der Waals surface area contributed by atoms with Crippen LogP contribution in [-0.4, -0.2) is 26.2 Å². The van der Waals surface area contributed by atoms with Crippen LogP contribution in [0.5, 0.6) is 0 Å². The standard InChI is InChI=1S/C12H13NO2/c1-15-12(14)10-4-6-11(7-5-10)13-8-2-3-9-13/h2-7H,8-9H2,1H3. The number of nitrogens with zero attached hydrogens (tertiary/aromatic N) is 1. The average molecular weight is 203 g/mol. The lowest BCUT2D eigenvalue weighted by atomic mass is 10.2. The number of carbonyl (C=O) groups excluding carboxylic acids is 1. The van der Waals surface area contributed by atoms with E-state index in [9.17, 15) is 4.79 Å². The van der Waals surface area contributed by atoms with Crippen LogP contribution in [0, 0.1) is 0 Å². The van der Waals surface area contributed by atoms with Gasteiger partial charge in [0.15, 0.2) is 0 Å². The van der Waals surface area contributed by atoms with Crippen LogP contribution in [0.4, 0.5) is 5.69 Å². The normalized spacial score (nSPS) is 14.3. The van der Waals surface area contributed by atoms with Crippen molar-refractivity contribution in [1.82, 2.24) is 0 Å². The van der Waals surface area contributed by atoms with Crippen molar-refractivity contribution in [2.24, 2.45) is 0 Å². The zero-order valence-electron chi connectivity index (χ0n) is 8.64. The van der Waals surface area contributed by atoms with Gasteiger partial charge in [0, 0.05) is 18.8 Å². The van der Waals surface area contributed by atoms with Crippen LogP contribution in [0.1, 0.15) is 10.4 Å². The van der Waals surface area contributed by atoms with E-state index >= 15 is 0 Å². The topological polar surface area (TPSA) is 29.5 Å². The predicted octanol–water partition coefficient (Wildman–Crippen LogP) is 1.85. The Labute approximate surface area is 89.0 Å². The van der Waals surface area contributed by atoms with Gasteiger partial charge >= 0.3 is 5.97 Å². The van der Waals surface area contributed by atoms with E-state index in [1.54, 1.807) is 12.1 Å². The maximum Gasteiger partial charge on any atom is 0.337 e. The highest BCUT2D eigenvalue weighted by Gasteiger charge is 2.09. The summed E-state index contributed by atoms with van der Waals surface area (Å²) in [5.74, 6) is -0.291. The number of hydrogen-bond donors (Lipinski definition) is 0. The molecule has 0 N–H and O–H groups in total.